The highest BCUT2D eigenvalue weighted by Crippen LogP contribution is 2.59. The second-order valence-corrected chi connectivity index (χ2v) is 12.3. The summed E-state index contributed by atoms with van der Waals surface area (Å²) in [7, 11) is 0. The van der Waals surface area contributed by atoms with E-state index in [1.54, 1.807) is 0 Å². The van der Waals surface area contributed by atoms with E-state index in [4.69, 9.17) is 9.72 Å². The smallest absolute Gasteiger partial charge is 0.145 e. The van der Waals surface area contributed by atoms with Crippen molar-refractivity contribution in [1.82, 2.24) is 9.55 Å². The van der Waals surface area contributed by atoms with Gasteiger partial charge in [-0.1, -0.05) is 133 Å². The lowest BCUT2D eigenvalue weighted by molar-refractivity contribution is 0.439. The van der Waals surface area contributed by atoms with Gasteiger partial charge in [0.1, 0.15) is 17.3 Å². The number of rotatable bonds is 2. The molecule has 1 unspecified atom stereocenters. The van der Waals surface area contributed by atoms with Crippen molar-refractivity contribution >= 4 is 34.0 Å². The third-order valence-corrected chi connectivity index (χ3v) is 9.88. The molecule has 1 atom stereocenters. The molecule has 2 aliphatic rings. The Bertz CT molecular complexity index is 2560. The predicted octanol–water partition coefficient (Wildman–Crippen LogP) is 10.8. The Morgan fingerprint density at radius 3 is 2.17 bits per heavy atom. The minimum Gasteiger partial charge on any atom is -0.456 e. The number of para-hydroxylation sites is 4. The van der Waals surface area contributed by atoms with Gasteiger partial charge in [0, 0.05) is 27.8 Å². The highest BCUT2D eigenvalue weighted by molar-refractivity contribution is 5.94. The Balaban J connectivity index is 1.35. The molecule has 1 aromatic heterocycles. The van der Waals surface area contributed by atoms with Crippen LogP contribution in [0.1, 0.15) is 33.4 Å². The molecule has 0 N–H and O–H groups in total. The molecule has 3 heteroatoms. The maximum Gasteiger partial charge on any atom is 0.145 e. The molecular weight excluding hydrogens is 572 g/mol. The van der Waals surface area contributed by atoms with E-state index in [0.717, 1.165) is 61.5 Å². The van der Waals surface area contributed by atoms with Crippen LogP contribution in [0, 0.1) is 0 Å². The lowest BCUT2D eigenvalue weighted by Crippen LogP contribution is -2.35. The summed E-state index contributed by atoms with van der Waals surface area (Å²) < 4.78 is 9.17. The minimum atomic E-state index is -0.650. The van der Waals surface area contributed by atoms with Crippen LogP contribution in [0.2, 0.25) is 0 Å². The van der Waals surface area contributed by atoms with E-state index in [2.05, 4.69) is 174 Å². The van der Waals surface area contributed by atoms with Crippen LogP contribution in [0.3, 0.4) is 0 Å². The predicted molar refractivity (Wildman–Crippen MR) is 191 cm³/mol. The summed E-state index contributed by atoms with van der Waals surface area (Å²) in [6, 6.07) is 56.2. The standard InChI is InChI=1S/C44H28N2O/c1-2-14-33(15-3-1)46-40-20-10-9-19-39(40)45-43(46)32-25-24-31-23-22-30-13-5-7-17-35(30)44(38(31)28-32)36-18-8-11-21-41(36)47-42-34-16-6-4-12-29(34)26-27-37(42)44/h1-28H. The van der Waals surface area contributed by atoms with Gasteiger partial charge in [-0.3, -0.25) is 4.57 Å². The number of nitrogens with zero attached hydrogens (tertiary/aromatic N) is 2. The van der Waals surface area contributed by atoms with Gasteiger partial charge in [0.15, 0.2) is 0 Å². The van der Waals surface area contributed by atoms with Crippen molar-refractivity contribution in [3.8, 4) is 28.6 Å². The number of ether oxygens (including phenoxy) is 1. The van der Waals surface area contributed by atoms with E-state index in [0.29, 0.717) is 0 Å². The Morgan fingerprint density at radius 2 is 1.26 bits per heavy atom. The molecule has 8 aromatic rings. The van der Waals surface area contributed by atoms with Gasteiger partial charge in [0.2, 0.25) is 0 Å². The van der Waals surface area contributed by atoms with Crippen molar-refractivity contribution in [2.24, 2.45) is 0 Å². The Hall–Kier alpha value is -6.19. The van der Waals surface area contributed by atoms with Crippen LogP contribution < -0.4 is 4.74 Å². The molecule has 0 amide bonds. The molecule has 0 saturated carbocycles. The molecule has 1 aliphatic heterocycles. The van der Waals surface area contributed by atoms with Crippen LogP contribution in [-0.4, -0.2) is 9.55 Å². The number of fused-ring (bicyclic) bond motifs is 11. The summed E-state index contributed by atoms with van der Waals surface area (Å²) in [5.41, 5.74) is 10.6. The maximum atomic E-state index is 6.88. The summed E-state index contributed by atoms with van der Waals surface area (Å²) in [5.74, 6) is 2.70. The van der Waals surface area contributed by atoms with Crippen LogP contribution in [0.4, 0.5) is 0 Å². The van der Waals surface area contributed by atoms with Gasteiger partial charge in [0.25, 0.3) is 0 Å². The monoisotopic (exact) mass is 600 g/mol. The van der Waals surface area contributed by atoms with Crippen LogP contribution in [0.25, 0.3) is 51.0 Å². The Kier molecular flexibility index (Phi) is 5.49. The zero-order chi connectivity index (χ0) is 31.0. The van der Waals surface area contributed by atoms with Crippen LogP contribution in [0.15, 0.2) is 158 Å². The molecule has 0 fully saturated rings. The van der Waals surface area contributed by atoms with E-state index in [-0.39, 0.29) is 0 Å². The highest BCUT2D eigenvalue weighted by atomic mass is 16.5. The van der Waals surface area contributed by atoms with Crippen molar-refractivity contribution in [3.63, 3.8) is 0 Å². The average Bonchev–Trinajstić information content (AvgIpc) is 3.47. The topological polar surface area (TPSA) is 27.1 Å². The summed E-state index contributed by atoms with van der Waals surface area (Å²) >= 11 is 0. The van der Waals surface area contributed by atoms with E-state index >= 15 is 0 Å². The summed E-state index contributed by atoms with van der Waals surface area (Å²) in [6.45, 7) is 0. The van der Waals surface area contributed by atoms with Crippen molar-refractivity contribution in [3.05, 3.63) is 191 Å². The highest BCUT2D eigenvalue weighted by Gasteiger charge is 2.48. The Labute approximate surface area is 272 Å². The lowest BCUT2D eigenvalue weighted by Gasteiger charge is -2.42. The third-order valence-electron chi connectivity index (χ3n) is 9.88. The zero-order valence-corrected chi connectivity index (χ0v) is 25.5. The number of imidazole rings is 1. The molecule has 7 aromatic carbocycles. The first-order valence-corrected chi connectivity index (χ1v) is 16.1. The Morgan fingerprint density at radius 1 is 0.532 bits per heavy atom. The van der Waals surface area contributed by atoms with Gasteiger partial charge in [-0.2, -0.15) is 0 Å². The molecule has 10 rings (SSSR count). The van der Waals surface area contributed by atoms with Crippen molar-refractivity contribution in [1.29, 1.82) is 0 Å². The van der Waals surface area contributed by atoms with Gasteiger partial charge >= 0.3 is 0 Å². The fraction of sp³-hybridized carbons (Fsp3) is 0.0227. The molecule has 220 valence electrons. The minimum absolute atomic E-state index is 0.650. The first kappa shape index (κ1) is 26.1. The summed E-state index contributed by atoms with van der Waals surface area (Å²) in [6.07, 6.45) is 4.53. The van der Waals surface area contributed by atoms with E-state index in [9.17, 15) is 0 Å². The van der Waals surface area contributed by atoms with Crippen LogP contribution >= 0.6 is 0 Å². The van der Waals surface area contributed by atoms with Gasteiger partial charge in [0.05, 0.1) is 16.4 Å². The third kappa shape index (κ3) is 3.65. The van der Waals surface area contributed by atoms with Crippen molar-refractivity contribution in [2.45, 2.75) is 5.41 Å². The fourth-order valence-corrected chi connectivity index (χ4v) is 7.88. The second kappa shape index (κ2) is 9.90. The number of aromatic nitrogens is 2. The molecule has 1 spiro atoms. The van der Waals surface area contributed by atoms with Gasteiger partial charge in [-0.25, -0.2) is 4.98 Å². The molecule has 0 radical (unpaired) electrons. The van der Waals surface area contributed by atoms with E-state index in [1.807, 2.05) is 0 Å². The normalized spacial score (nSPS) is 15.8. The summed E-state index contributed by atoms with van der Waals surface area (Å²) in [4.78, 5) is 5.26. The lowest BCUT2D eigenvalue weighted by atomic mass is 9.62. The van der Waals surface area contributed by atoms with Crippen LogP contribution in [-0.2, 0) is 5.41 Å². The number of hydrogen-bond acceptors (Lipinski definition) is 2. The number of hydrogen-bond donors (Lipinski definition) is 0. The second-order valence-electron chi connectivity index (χ2n) is 12.3. The molecule has 0 bridgehead atoms. The van der Waals surface area contributed by atoms with Gasteiger partial charge in [-0.15, -0.1) is 0 Å². The molecule has 3 nitrogen and oxygen atoms in total. The fourth-order valence-electron chi connectivity index (χ4n) is 7.88. The van der Waals surface area contributed by atoms with Crippen molar-refractivity contribution in [2.75, 3.05) is 0 Å². The largest absolute Gasteiger partial charge is 0.456 e. The van der Waals surface area contributed by atoms with Crippen molar-refractivity contribution < 1.29 is 4.74 Å². The average molecular weight is 601 g/mol. The molecular formula is C44H28N2O. The molecule has 2 heterocycles. The van der Waals surface area contributed by atoms with Gasteiger partial charge in [-0.05, 0) is 64.0 Å². The van der Waals surface area contributed by atoms with E-state index < -0.39 is 5.41 Å². The SMILES string of the molecule is C1=Cc2ccc(-c3nc4ccccc4n3-c3ccccc3)cc2C2(c3ccccc31)c1ccccc1Oc1c2ccc2ccccc12. The first-order chi connectivity index (χ1) is 23.3. The molecule has 47 heavy (non-hydrogen) atoms. The molecule has 0 saturated heterocycles. The summed E-state index contributed by atoms with van der Waals surface area (Å²) in [5, 5.41) is 2.27. The van der Waals surface area contributed by atoms with E-state index in [1.165, 1.54) is 22.3 Å². The first-order valence-electron chi connectivity index (χ1n) is 16.1. The maximum absolute atomic E-state index is 6.88. The molecule has 1 aliphatic carbocycles. The zero-order valence-electron chi connectivity index (χ0n) is 25.5. The van der Waals surface area contributed by atoms with Crippen LogP contribution in [0.5, 0.6) is 11.5 Å². The quantitative estimate of drug-likeness (QED) is 0.197. The number of benzene rings is 7. The van der Waals surface area contributed by atoms with Gasteiger partial charge < -0.3 is 4.74 Å².